The molecule has 6 nitrogen and oxygen atoms in total. The number of nitrogens with one attached hydrogen (secondary N) is 1. The number of rotatable bonds is 7. The van der Waals surface area contributed by atoms with Crippen LogP contribution in [0, 0.1) is 5.92 Å². The summed E-state index contributed by atoms with van der Waals surface area (Å²) in [6.07, 6.45) is 11.2. The maximum atomic E-state index is 6.23. The Labute approximate surface area is 180 Å². The predicted octanol–water partition coefficient (Wildman–Crippen LogP) is 3.34. The third-order valence-electron chi connectivity index (χ3n) is 6.32. The summed E-state index contributed by atoms with van der Waals surface area (Å²) in [4.78, 5) is 6.90. The van der Waals surface area contributed by atoms with Crippen molar-refractivity contribution in [1.82, 2.24) is 20.0 Å². The van der Waals surface area contributed by atoms with Gasteiger partial charge in [0, 0.05) is 46.5 Å². The first-order valence-electron chi connectivity index (χ1n) is 11.4. The molecule has 2 unspecified atom stereocenters. The van der Waals surface area contributed by atoms with Crippen molar-refractivity contribution < 1.29 is 4.74 Å². The monoisotopic (exact) mass is 409 g/mol. The smallest absolute Gasteiger partial charge is 0.193 e. The number of hydrogen-bond donors (Lipinski definition) is 1. The van der Waals surface area contributed by atoms with Gasteiger partial charge < -0.3 is 15.0 Å². The normalized spacial score (nSPS) is 21.7. The number of ether oxygens (including phenoxy) is 1. The van der Waals surface area contributed by atoms with Gasteiger partial charge in [-0.15, -0.1) is 0 Å². The number of aliphatic imine (C=N–C) groups is 1. The van der Waals surface area contributed by atoms with Gasteiger partial charge in [0.05, 0.1) is 12.3 Å². The van der Waals surface area contributed by atoms with Crippen LogP contribution in [-0.2, 0) is 24.6 Å². The molecule has 0 bridgehead atoms. The molecule has 4 rings (SSSR count). The largest absolute Gasteiger partial charge is 0.373 e. The minimum Gasteiger partial charge on any atom is -0.373 e. The SMILES string of the molecule is CN=C(NCCCOC1CCCc2ccccc21)N1CCC(Cc2cnn(C)c2)C1. The number of aryl methyl sites for hydroxylation is 2. The van der Waals surface area contributed by atoms with Crippen molar-refractivity contribution in [3.8, 4) is 0 Å². The van der Waals surface area contributed by atoms with Crippen LogP contribution >= 0.6 is 0 Å². The van der Waals surface area contributed by atoms with Crippen molar-refractivity contribution in [3.05, 3.63) is 53.3 Å². The van der Waals surface area contributed by atoms with E-state index in [1.54, 1.807) is 0 Å². The van der Waals surface area contributed by atoms with Gasteiger partial charge in [0.2, 0.25) is 0 Å². The molecule has 2 atom stereocenters. The second-order valence-corrected chi connectivity index (χ2v) is 8.61. The second-order valence-electron chi connectivity index (χ2n) is 8.61. The van der Waals surface area contributed by atoms with E-state index in [-0.39, 0.29) is 6.10 Å². The van der Waals surface area contributed by atoms with Crippen LogP contribution in [0.25, 0.3) is 0 Å². The van der Waals surface area contributed by atoms with E-state index in [2.05, 4.69) is 50.8 Å². The standard InChI is InChI=1S/C24H35N5O/c1-25-24(29-13-11-19(18-29)15-20-16-27-28(2)17-20)26-12-6-14-30-23-10-5-8-21-7-3-4-9-22(21)23/h3-4,7,9,16-17,19,23H,5-6,8,10-15,18H2,1-2H3,(H,25,26). The average molecular weight is 410 g/mol. The Morgan fingerprint density at radius 3 is 3.03 bits per heavy atom. The number of guanidine groups is 1. The predicted molar refractivity (Wildman–Crippen MR) is 121 cm³/mol. The minimum atomic E-state index is 0.265. The zero-order valence-corrected chi connectivity index (χ0v) is 18.4. The lowest BCUT2D eigenvalue weighted by atomic mass is 9.89. The van der Waals surface area contributed by atoms with Crippen LogP contribution in [0.5, 0.6) is 0 Å². The van der Waals surface area contributed by atoms with Gasteiger partial charge in [-0.1, -0.05) is 24.3 Å². The quantitative estimate of drug-likeness (QED) is 0.433. The van der Waals surface area contributed by atoms with Crippen molar-refractivity contribution in [2.24, 2.45) is 18.0 Å². The molecule has 1 aromatic carbocycles. The molecule has 1 aromatic heterocycles. The summed E-state index contributed by atoms with van der Waals surface area (Å²) in [6.45, 7) is 3.81. The van der Waals surface area contributed by atoms with Crippen LogP contribution < -0.4 is 5.32 Å². The van der Waals surface area contributed by atoms with Crippen LogP contribution in [0.1, 0.15) is 48.5 Å². The molecule has 6 heteroatoms. The first-order chi connectivity index (χ1) is 14.7. The highest BCUT2D eigenvalue weighted by molar-refractivity contribution is 5.80. The van der Waals surface area contributed by atoms with Gasteiger partial charge in [-0.05, 0) is 61.1 Å². The first kappa shape index (κ1) is 20.9. The Morgan fingerprint density at radius 2 is 2.20 bits per heavy atom. The van der Waals surface area contributed by atoms with Gasteiger partial charge in [0.25, 0.3) is 0 Å². The van der Waals surface area contributed by atoms with Crippen LogP contribution in [0.4, 0.5) is 0 Å². The van der Waals surface area contributed by atoms with E-state index in [1.807, 2.05) is 25.0 Å². The van der Waals surface area contributed by atoms with E-state index in [4.69, 9.17) is 4.74 Å². The molecule has 2 heterocycles. The summed E-state index contributed by atoms with van der Waals surface area (Å²) in [6, 6.07) is 8.74. The lowest BCUT2D eigenvalue weighted by Crippen LogP contribution is -2.40. The number of fused-ring (bicyclic) bond motifs is 1. The van der Waals surface area contributed by atoms with E-state index in [0.717, 1.165) is 51.5 Å². The molecule has 0 saturated carbocycles. The first-order valence-corrected chi connectivity index (χ1v) is 11.4. The van der Waals surface area contributed by atoms with Gasteiger partial charge in [0.1, 0.15) is 0 Å². The zero-order valence-electron chi connectivity index (χ0n) is 18.4. The molecule has 0 spiro atoms. The summed E-state index contributed by atoms with van der Waals surface area (Å²) in [7, 11) is 3.86. The molecule has 1 fully saturated rings. The topological polar surface area (TPSA) is 54.7 Å². The zero-order chi connectivity index (χ0) is 20.8. The summed E-state index contributed by atoms with van der Waals surface area (Å²) in [5.41, 5.74) is 4.18. The Bertz CT molecular complexity index is 846. The highest BCUT2D eigenvalue weighted by Gasteiger charge is 2.25. The fourth-order valence-corrected chi connectivity index (χ4v) is 4.81. The van der Waals surface area contributed by atoms with Crippen molar-refractivity contribution in [3.63, 3.8) is 0 Å². The highest BCUT2D eigenvalue weighted by atomic mass is 16.5. The van der Waals surface area contributed by atoms with Crippen LogP contribution in [0.3, 0.4) is 0 Å². The van der Waals surface area contributed by atoms with Gasteiger partial charge in [0.15, 0.2) is 5.96 Å². The maximum absolute atomic E-state index is 6.23. The summed E-state index contributed by atoms with van der Waals surface area (Å²) in [5, 5.41) is 7.82. The van der Waals surface area contributed by atoms with Crippen LogP contribution in [0.15, 0.2) is 41.7 Å². The van der Waals surface area contributed by atoms with Crippen molar-refractivity contribution in [1.29, 1.82) is 0 Å². The Balaban J connectivity index is 1.17. The molecular formula is C24H35N5O. The van der Waals surface area contributed by atoms with Crippen molar-refractivity contribution in [2.45, 2.75) is 44.6 Å². The minimum absolute atomic E-state index is 0.265. The highest BCUT2D eigenvalue weighted by Crippen LogP contribution is 2.32. The van der Waals surface area contributed by atoms with E-state index in [9.17, 15) is 0 Å². The maximum Gasteiger partial charge on any atom is 0.193 e. The fourth-order valence-electron chi connectivity index (χ4n) is 4.81. The van der Waals surface area contributed by atoms with Crippen molar-refractivity contribution in [2.75, 3.05) is 33.3 Å². The Morgan fingerprint density at radius 1 is 1.30 bits per heavy atom. The summed E-state index contributed by atoms with van der Waals surface area (Å²) >= 11 is 0. The molecule has 30 heavy (non-hydrogen) atoms. The Kier molecular flexibility index (Phi) is 7.05. The molecule has 2 aromatic rings. The van der Waals surface area contributed by atoms with E-state index < -0.39 is 0 Å². The molecule has 1 N–H and O–H groups in total. The molecule has 162 valence electrons. The van der Waals surface area contributed by atoms with Gasteiger partial charge in [-0.3, -0.25) is 9.67 Å². The third-order valence-corrected chi connectivity index (χ3v) is 6.32. The second kappa shape index (κ2) is 10.1. The molecule has 1 aliphatic heterocycles. The van der Waals surface area contributed by atoms with Gasteiger partial charge >= 0.3 is 0 Å². The molecule has 2 aliphatic rings. The van der Waals surface area contributed by atoms with E-state index in [1.165, 1.54) is 36.0 Å². The lowest BCUT2D eigenvalue weighted by Gasteiger charge is -2.26. The number of benzene rings is 1. The van der Waals surface area contributed by atoms with Crippen LogP contribution in [0.2, 0.25) is 0 Å². The van der Waals surface area contributed by atoms with Gasteiger partial charge in [-0.25, -0.2) is 0 Å². The van der Waals surface area contributed by atoms with Crippen molar-refractivity contribution >= 4 is 5.96 Å². The Hall–Kier alpha value is -2.34. The summed E-state index contributed by atoms with van der Waals surface area (Å²) < 4.78 is 8.12. The number of aromatic nitrogens is 2. The van der Waals surface area contributed by atoms with Gasteiger partial charge in [-0.2, -0.15) is 5.10 Å². The number of likely N-dealkylation sites (tertiary alicyclic amines) is 1. The molecule has 0 amide bonds. The van der Waals surface area contributed by atoms with E-state index >= 15 is 0 Å². The number of hydrogen-bond acceptors (Lipinski definition) is 3. The molecule has 1 aliphatic carbocycles. The fraction of sp³-hybridized carbons (Fsp3) is 0.583. The molecule has 1 saturated heterocycles. The summed E-state index contributed by atoms with van der Waals surface area (Å²) in [5.74, 6) is 1.69. The third kappa shape index (κ3) is 5.22. The molecule has 0 radical (unpaired) electrons. The average Bonchev–Trinajstić information content (AvgIpc) is 3.40. The number of nitrogens with zero attached hydrogens (tertiary/aromatic N) is 4. The lowest BCUT2D eigenvalue weighted by molar-refractivity contribution is 0.0397. The van der Waals surface area contributed by atoms with E-state index in [0.29, 0.717) is 5.92 Å². The van der Waals surface area contributed by atoms with Crippen LogP contribution in [-0.4, -0.2) is 53.9 Å². The molecular weight excluding hydrogens is 374 g/mol.